The van der Waals surface area contributed by atoms with Crippen LogP contribution in [0.25, 0.3) is 0 Å². The smallest absolute Gasteiger partial charge is 0.296 e. The minimum Gasteiger partial charge on any atom is -0.296 e. The van der Waals surface area contributed by atoms with E-state index in [-0.39, 0.29) is 18.0 Å². The van der Waals surface area contributed by atoms with Crippen molar-refractivity contribution >= 4 is 24.0 Å². The van der Waals surface area contributed by atoms with Crippen LogP contribution in [0.2, 0.25) is 0 Å². The lowest BCUT2D eigenvalue weighted by molar-refractivity contribution is -0.120. The van der Waals surface area contributed by atoms with Crippen LogP contribution >= 0.6 is 0 Å². The average molecular weight is 222 g/mol. The molecule has 0 aromatic carbocycles. The summed E-state index contributed by atoms with van der Waals surface area (Å²) in [5.41, 5.74) is 0.252. The molecule has 7 heteroatoms. The highest BCUT2D eigenvalue weighted by molar-refractivity contribution is 6.05. The van der Waals surface area contributed by atoms with Gasteiger partial charge in [-0.05, 0) is 0 Å². The predicted molar refractivity (Wildman–Crippen MR) is 54.1 cm³/mol. The zero-order valence-corrected chi connectivity index (χ0v) is 8.64. The second-order valence-electron chi connectivity index (χ2n) is 3.42. The minimum absolute atomic E-state index is 0.243. The van der Waals surface area contributed by atoms with Gasteiger partial charge < -0.3 is 0 Å². The number of aromatic nitrogens is 2. The van der Waals surface area contributed by atoms with Gasteiger partial charge in [0.1, 0.15) is 11.5 Å². The molecule has 16 heavy (non-hydrogen) atoms. The highest BCUT2D eigenvalue weighted by Gasteiger charge is 2.26. The molecule has 1 aromatic heterocycles. The fourth-order valence-electron chi connectivity index (χ4n) is 1.57. The number of urea groups is 1. The summed E-state index contributed by atoms with van der Waals surface area (Å²) < 4.78 is 1.43. The van der Waals surface area contributed by atoms with Crippen LogP contribution in [0.15, 0.2) is 6.07 Å². The van der Waals surface area contributed by atoms with Crippen molar-refractivity contribution in [2.75, 3.05) is 11.4 Å². The molecule has 0 atom stereocenters. The molecule has 0 bridgehead atoms. The fourth-order valence-corrected chi connectivity index (χ4v) is 1.57. The Bertz CT molecular complexity index is 465. The lowest BCUT2D eigenvalue weighted by Crippen LogP contribution is -2.50. The van der Waals surface area contributed by atoms with Gasteiger partial charge in [0.15, 0.2) is 6.29 Å². The van der Waals surface area contributed by atoms with Crippen LogP contribution in [-0.4, -0.2) is 34.5 Å². The van der Waals surface area contributed by atoms with E-state index >= 15 is 0 Å². The normalized spacial score (nSPS) is 16.2. The molecule has 0 spiro atoms. The lowest BCUT2D eigenvalue weighted by Gasteiger charge is -2.25. The summed E-state index contributed by atoms with van der Waals surface area (Å²) in [6.07, 6.45) is 0.851. The summed E-state index contributed by atoms with van der Waals surface area (Å²) >= 11 is 0. The molecule has 0 radical (unpaired) electrons. The van der Waals surface area contributed by atoms with Crippen LogP contribution in [0, 0.1) is 0 Å². The summed E-state index contributed by atoms with van der Waals surface area (Å²) in [6.45, 7) is 0.294. The molecule has 2 heterocycles. The highest BCUT2D eigenvalue weighted by atomic mass is 16.2. The summed E-state index contributed by atoms with van der Waals surface area (Å²) in [6, 6.07) is 1.01. The molecule has 7 nitrogen and oxygen atoms in total. The van der Waals surface area contributed by atoms with Gasteiger partial charge in [0.25, 0.3) is 0 Å². The van der Waals surface area contributed by atoms with E-state index in [0.29, 0.717) is 18.6 Å². The third kappa shape index (κ3) is 1.67. The Morgan fingerprint density at radius 3 is 2.81 bits per heavy atom. The second-order valence-corrected chi connectivity index (χ2v) is 3.42. The van der Waals surface area contributed by atoms with E-state index in [1.165, 1.54) is 15.6 Å². The van der Waals surface area contributed by atoms with Crippen LogP contribution in [0.4, 0.5) is 10.6 Å². The maximum absolute atomic E-state index is 11.5. The summed E-state index contributed by atoms with van der Waals surface area (Å²) in [5.74, 6) is 0.200. The number of nitrogens with zero attached hydrogens (tertiary/aromatic N) is 3. The number of amides is 3. The number of carbonyl (C=O) groups is 3. The number of hydrogen-bond donors (Lipinski definition) is 1. The van der Waals surface area contributed by atoms with Crippen LogP contribution in [0.5, 0.6) is 0 Å². The second kappa shape index (κ2) is 3.76. The first kappa shape index (κ1) is 10.3. The van der Waals surface area contributed by atoms with Gasteiger partial charge in [-0.15, -0.1) is 0 Å². The topological polar surface area (TPSA) is 84.3 Å². The molecule has 1 saturated heterocycles. The van der Waals surface area contributed by atoms with Crippen LogP contribution in [-0.2, 0) is 11.8 Å². The molecule has 1 N–H and O–H groups in total. The Kier molecular flexibility index (Phi) is 2.43. The van der Waals surface area contributed by atoms with E-state index in [4.69, 9.17) is 0 Å². The molecule has 1 aliphatic heterocycles. The SMILES string of the molecule is Cn1nc(C=O)cc1N1CCC(=O)NC1=O. The molecular formula is C9H10N4O3. The molecule has 1 aliphatic rings. The third-order valence-corrected chi connectivity index (χ3v) is 2.33. The lowest BCUT2D eigenvalue weighted by atomic mass is 10.3. The molecule has 3 amide bonds. The third-order valence-electron chi connectivity index (χ3n) is 2.33. The van der Waals surface area contributed by atoms with Crippen LogP contribution < -0.4 is 10.2 Å². The van der Waals surface area contributed by atoms with Crippen molar-refractivity contribution in [2.24, 2.45) is 7.05 Å². The highest BCUT2D eigenvalue weighted by Crippen LogP contribution is 2.16. The van der Waals surface area contributed by atoms with Gasteiger partial charge in [-0.1, -0.05) is 0 Å². The summed E-state index contributed by atoms with van der Waals surface area (Å²) in [4.78, 5) is 34.4. The largest absolute Gasteiger partial charge is 0.329 e. The number of aryl methyl sites for hydroxylation is 1. The van der Waals surface area contributed by atoms with Crippen molar-refractivity contribution < 1.29 is 14.4 Å². The Morgan fingerprint density at radius 1 is 1.50 bits per heavy atom. The molecule has 0 saturated carbocycles. The molecule has 2 rings (SSSR count). The number of nitrogens with one attached hydrogen (secondary N) is 1. The first-order chi connectivity index (χ1) is 7.61. The number of anilines is 1. The van der Waals surface area contributed by atoms with Crippen molar-refractivity contribution in [1.82, 2.24) is 15.1 Å². The maximum atomic E-state index is 11.5. The van der Waals surface area contributed by atoms with Crippen LogP contribution in [0.1, 0.15) is 16.9 Å². The minimum atomic E-state index is -0.489. The first-order valence-corrected chi connectivity index (χ1v) is 4.72. The van der Waals surface area contributed by atoms with E-state index < -0.39 is 6.03 Å². The predicted octanol–water partition coefficient (Wildman–Crippen LogP) is -0.321. The zero-order chi connectivity index (χ0) is 11.7. The van der Waals surface area contributed by atoms with Crippen molar-refractivity contribution in [3.63, 3.8) is 0 Å². The number of hydrogen-bond acceptors (Lipinski definition) is 4. The summed E-state index contributed by atoms with van der Waals surface area (Å²) in [5, 5.41) is 6.10. The van der Waals surface area contributed by atoms with Gasteiger partial charge in [0.2, 0.25) is 5.91 Å². The van der Waals surface area contributed by atoms with Gasteiger partial charge in [-0.3, -0.25) is 24.5 Å². The van der Waals surface area contributed by atoms with E-state index in [1.54, 1.807) is 7.05 Å². The van der Waals surface area contributed by atoms with E-state index in [9.17, 15) is 14.4 Å². The zero-order valence-electron chi connectivity index (χ0n) is 8.64. The standard InChI is InChI=1S/C9H10N4O3/c1-12-8(4-6(5-14)11-12)13-3-2-7(15)10-9(13)16/h4-5H,2-3H2,1H3,(H,10,15,16). The fraction of sp³-hybridized carbons (Fsp3) is 0.333. The molecule has 1 aromatic rings. The van der Waals surface area contributed by atoms with Crippen molar-refractivity contribution in [3.05, 3.63) is 11.8 Å². The van der Waals surface area contributed by atoms with Crippen molar-refractivity contribution in [3.8, 4) is 0 Å². The van der Waals surface area contributed by atoms with Gasteiger partial charge in [0, 0.05) is 26.1 Å². The summed E-state index contributed by atoms with van der Waals surface area (Å²) in [7, 11) is 1.63. The molecule has 1 fully saturated rings. The molecule has 0 unspecified atom stereocenters. The van der Waals surface area contributed by atoms with Crippen LogP contribution in [0.3, 0.4) is 0 Å². The average Bonchev–Trinajstić information content (AvgIpc) is 2.60. The quantitative estimate of drug-likeness (QED) is 0.695. The monoisotopic (exact) mass is 222 g/mol. The number of imide groups is 1. The molecule has 84 valence electrons. The number of carbonyl (C=O) groups excluding carboxylic acids is 3. The van der Waals surface area contributed by atoms with Crippen molar-refractivity contribution in [1.29, 1.82) is 0 Å². The Morgan fingerprint density at radius 2 is 2.25 bits per heavy atom. The molecular weight excluding hydrogens is 212 g/mol. The van der Waals surface area contributed by atoms with Gasteiger partial charge in [-0.25, -0.2) is 4.79 Å². The van der Waals surface area contributed by atoms with E-state index in [1.807, 2.05) is 0 Å². The molecule has 0 aliphatic carbocycles. The first-order valence-electron chi connectivity index (χ1n) is 4.72. The maximum Gasteiger partial charge on any atom is 0.329 e. The van der Waals surface area contributed by atoms with Crippen molar-refractivity contribution in [2.45, 2.75) is 6.42 Å². The van der Waals surface area contributed by atoms with E-state index in [2.05, 4.69) is 10.4 Å². The Hall–Kier alpha value is -2.18. The van der Waals surface area contributed by atoms with Gasteiger partial charge in [-0.2, -0.15) is 5.10 Å². The van der Waals surface area contributed by atoms with E-state index in [0.717, 1.165) is 0 Å². The Balaban J connectivity index is 2.29. The number of aldehydes is 1. The Labute approximate surface area is 91.0 Å². The number of rotatable bonds is 2. The van der Waals surface area contributed by atoms with Gasteiger partial charge >= 0.3 is 6.03 Å². The van der Waals surface area contributed by atoms with Gasteiger partial charge in [0.05, 0.1) is 0 Å².